The van der Waals surface area contributed by atoms with E-state index in [0.717, 1.165) is 51.6 Å². The van der Waals surface area contributed by atoms with Crippen LogP contribution in [0.25, 0.3) is 0 Å². The van der Waals surface area contributed by atoms with E-state index < -0.39 is 17.2 Å². The Hall–Kier alpha value is -1.00. The maximum atomic E-state index is 11.9. The van der Waals surface area contributed by atoms with Crippen LogP contribution in [-0.4, -0.2) is 59.6 Å². The van der Waals surface area contributed by atoms with Gasteiger partial charge in [-0.2, -0.15) is 0 Å². The van der Waals surface area contributed by atoms with Crippen LogP contribution in [-0.2, 0) is 17.6 Å². The van der Waals surface area contributed by atoms with Gasteiger partial charge in [0.05, 0.1) is 14.2 Å². The molecular formula is C32H46Br2I2N2O6. The summed E-state index contributed by atoms with van der Waals surface area (Å²) in [7, 11) is 3.29. The second-order valence-corrected chi connectivity index (χ2v) is 16.2. The molecule has 2 aromatic rings. The molecule has 44 heavy (non-hydrogen) atoms. The summed E-state index contributed by atoms with van der Waals surface area (Å²) >= 11 is 11.5. The number of hydrogen-bond acceptors (Lipinski definition) is 5. The number of amides is 2. The molecule has 0 spiro atoms. The van der Waals surface area contributed by atoms with Gasteiger partial charge in [-0.25, -0.2) is 9.59 Å². The molecule has 2 N–H and O–H groups in total. The third-order valence-electron chi connectivity index (χ3n) is 6.55. The van der Waals surface area contributed by atoms with Crippen LogP contribution in [0.3, 0.4) is 0 Å². The molecule has 0 fully saturated rings. The fourth-order valence-electron chi connectivity index (χ4n) is 4.54. The first-order valence-corrected chi connectivity index (χ1v) is 18.1. The third kappa shape index (κ3) is 13.4. The first kappa shape index (κ1) is 41.0. The van der Waals surface area contributed by atoms with Gasteiger partial charge in [-0.3, -0.25) is 0 Å². The monoisotopic (exact) mass is 966 g/mol. The summed E-state index contributed by atoms with van der Waals surface area (Å²) in [6.45, 7) is 15.4. The lowest BCUT2D eigenvalue weighted by molar-refractivity contribution is 0.0502. The van der Waals surface area contributed by atoms with Crippen molar-refractivity contribution in [3.8, 4) is 11.5 Å². The van der Waals surface area contributed by atoms with Crippen molar-refractivity contribution in [3.05, 3.63) is 51.5 Å². The summed E-state index contributed by atoms with van der Waals surface area (Å²) in [4.78, 5) is 25.2. The van der Waals surface area contributed by atoms with E-state index >= 15 is 0 Å². The Bertz CT molecular complexity index is 1260. The number of carbonyl (C=O) groups is 2. The highest BCUT2D eigenvalue weighted by Crippen LogP contribution is 2.32. The molecule has 0 heterocycles. The minimum atomic E-state index is -0.884. The van der Waals surface area contributed by atoms with E-state index in [1.807, 2.05) is 67.5 Å². The number of halogens is 4. The van der Waals surface area contributed by atoms with Crippen LogP contribution in [0.2, 0.25) is 0 Å². The molecule has 0 saturated carbocycles. The van der Waals surface area contributed by atoms with Crippen LogP contribution >= 0.6 is 77.0 Å². The zero-order chi connectivity index (χ0) is 34.0. The molecule has 2 aromatic carbocycles. The van der Waals surface area contributed by atoms with Crippen molar-refractivity contribution < 1.29 is 28.9 Å². The molecule has 2 unspecified atom stereocenters. The van der Waals surface area contributed by atoms with Crippen molar-refractivity contribution in [1.82, 2.24) is 10.2 Å². The summed E-state index contributed by atoms with van der Waals surface area (Å²) in [5.41, 5.74) is 1.16. The minimum Gasteiger partial charge on any atom is -0.496 e. The Morgan fingerprint density at radius 1 is 0.864 bits per heavy atom. The quantitative estimate of drug-likeness (QED) is 0.230. The highest BCUT2D eigenvalue weighted by atomic mass is 127. The average Bonchev–Trinajstić information content (AvgIpc) is 2.89. The second kappa shape index (κ2) is 18.4. The number of nitrogens with zero attached hydrogens (tertiary/aromatic N) is 1. The lowest BCUT2D eigenvalue weighted by Crippen LogP contribution is -2.51. The Morgan fingerprint density at radius 3 is 1.66 bits per heavy atom. The van der Waals surface area contributed by atoms with Crippen LogP contribution < -0.4 is 14.8 Å². The van der Waals surface area contributed by atoms with Gasteiger partial charge in [0.25, 0.3) is 0 Å². The molecule has 8 nitrogen and oxygen atoms in total. The van der Waals surface area contributed by atoms with Gasteiger partial charge < -0.3 is 29.5 Å². The molecule has 2 rings (SSSR count). The van der Waals surface area contributed by atoms with E-state index in [9.17, 15) is 14.7 Å². The second-order valence-electron chi connectivity index (χ2n) is 12.2. The smallest absolute Gasteiger partial charge is 0.407 e. The Labute approximate surface area is 307 Å². The van der Waals surface area contributed by atoms with Gasteiger partial charge in [-0.05, 0) is 180 Å². The third-order valence-corrected chi connectivity index (χ3v) is 11.1. The standard InChI is InChI=1S/2C16H23BrINO3/c1-6-11(19-15(20)22-16(2,3)4)7-10-8-13(18)12(17)9-14(10)21-5;1-6-11(19(15(20)21)16(2,3)4)7-10-8-13(18)12(17)9-14(10)22-5/h8-9,11H,6-7H2,1-5H3,(H,19,20);8-9,11H,6-7H2,1-5H3,(H,20,21). The molecule has 0 saturated heterocycles. The predicted molar refractivity (Wildman–Crippen MR) is 201 cm³/mol. The number of alkyl carbamates (subject to hydrolysis) is 1. The summed E-state index contributed by atoms with van der Waals surface area (Å²) in [6.07, 6.45) is 1.62. The molecule has 0 aliphatic heterocycles. The van der Waals surface area contributed by atoms with Gasteiger partial charge in [0.15, 0.2) is 0 Å². The van der Waals surface area contributed by atoms with E-state index in [4.69, 9.17) is 14.2 Å². The largest absolute Gasteiger partial charge is 0.496 e. The van der Waals surface area contributed by atoms with Gasteiger partial charge in [0, 0.05) is 33.7 Å². The normalized spacial score (nSPS) is 12.8. The number of carbonyl (C=O) groups excluding carboxylic acids is 1. The lowest BCUT2D eigenvalue weighted by Gasteiger charge is -2.39. The number of methoxy groups -OCH3 is 2. The highest BCUT2D eigenvalue weighted by Gasteiger charge is 2.33. The molecule has 248 valence electrons. The molecule has 0 bridgehead atoms. The first-order chi connectivity index (χ1) is 20.3. The molecule has 0 aliphatic rings. The van der Waals surface area contributed by atoms with Gasteiger partial charge in [-0.15, -0.1) is 0 Å². The SMILES string of the molecule is CCC(Cc1cc(I)c(Br)cc1OC)N(C(=O)O)C(C)(C)C.CCC(Cc1cc(I)c(Br)cc1OC)NC(=O)OC(C)(C)C. The minimum absolute atomic E-state index is 0.000672. The van der Waals surface area contributed by atoms with E-state index in [2.05, 4.69) is 94.5 Å². The molecule has 2 amide bonds. The predicted octanol–water partition coefficient (Wildman–Crippen LogP) is 10.1. The number of rotatable bonds is 10. The summed E-state index contributed by atoms with van der Waals surface area (Å²) in [5.74, 6) is 1.60. The Morgan fingerprint density at radius 2 is 1.32 bits per heavy atom. The van der Waals surface area contributed by atoms with Crippen LogP contribution in [0.4, 0.5) is 9.59 Å². The fraction of sp³-hybridized carbons (Fsp3) is 0.562. The van der Waals surface area contributed by atoms with E-state index in [1.54, 1.807) is 19.1 Å². The topological polar surface area (TPSA) is 97.3 Å². The maximum Gasteiger partial charge on any atom is 0.407 e. The number of nitrogens with one attached hydrogen (secondary N) is 1. The maximum absolute atomic E-state index is 11.9. The fourth-order valence-corrected chi connectivity index (χ4v) is 6.25. The highest BCUT2D eigenvalue weighted by molar-refractivity contribution is 14.1. The zero-order valence-corrected chi connectivity index (χ0v) is 34.7. The van der Waals surface area contributed by atoms with E-state index in [1.165, 1.54) is 0 Å². The van der Waals surface area contributed by atoms with Crippen LogP contribution in [0, 0.1) is 7.14 Å². The van der Waals surface area contributed by atoms with Crippen molar-refractivity contribution in [2.75, 3.05) is 14.2 Å². The van der Waals surface area contributed by atoms with Crippen molar-refractivity contribution >= 4 is 89.2 Å². The zero-order valence-electron chi connectivity index (χ0n) is 27.2. The van der Waals surface area contributed by atoms with E-state index in [0.29, 0.717) is 12.8 Å². The van der Waals surface area contributed by atoms with Crippen LogP contribution in [0.15, 0.2) is 33.2 Å². The van der Waals surface area contributed by atoms with Gasteiger partial charge in [0.2, 0.25) is 0 Å². The molecule has 0 aliphatic carbocycles. The number of ether oxygens (including phenoxy) is 3. The Balaban J connectivity index is 0.000000440. The molecule has 0 aromatic heterocycles. The lowest BCUT2D eigenvalue weighted by atomic mass is 9.96. The van der Waals surface area contributed by atoms with Gasteiger partial charge in [-0.1, -0.05) is 13.8 Å². The van der Waals surface area contributed by atoms with Crippen LogP contribution in [0.1, 0.15) is 79.4 Å². The van der Waals surface area contributed by atoms with Gasteiger partial charge in [0.1, 0.15) is 17.1 Å². The summed E-state index contributed by atoms with van der Waals surface area (Å²) < 4.78 is 20.4. The molecular weight excluding hydrogens is 922 g/mol. The molecule has 0 radical (unpaired) electrons. The summed E-state index contributed by atoms with van der Waals surface area (Å²) in [5, 5.41) is 12.5. The van der Waals surface area contributed by atoms with Crippen molar-refractivity contribution in [2.24, 2.45) is 0 Å². The van der Waals surface area contributed by atoms with Gasteiger partial charge >= 0.3 is 12.2 Å². The molecule has 12 heteroatoms. The average molecular weight is 968 g/mol. The van der Waals surface area contributed by atoms with Crippen molar-refractivity contribution in [3.63, 3.8) is 0 Å². The van der Waals surface area contributed by atoms with Crippen molar-refractivity contribution in [1.29, 1.82) is 0 Å². The van der Waals surface area contributed by atoms with Crippen LogP contribution in [0.5, 0.6) is 11.5 Å². The van der Waals surface area contributed by atoms with Crippen molar-refractivity contribution in [2.45, 2.75) is 104 Å². The molecule has 2 atom stereocenters. The number of carboxylic acid groups (broad SMARTS) is 1. The Kier molecular flexibility index (Phi) is 17.1. The number of hydrogen-bond donors (Lipinski definition) is 2. The summed E-state index contributed by atoms with van der Waals surface area (Å²) in [6, 6.07) is 7.92. The first-order valence-electron chi connectivity index (χ1n) is 14.3. The van der Waals surface area contributed by atoms with E-state index in [-0.39, 0.29) is 18.2 Å². The number of benzene rings is 2.